The Morgan fingerprint density at radius 3 is 2.33 bits per heavy atom. The lowest BCUT2D eigenvalue weighted by atomic mass is 9.95. The van der Waals surface area contributed by atoms with Gasteiger partial charge in [0.1, 0.15) is 0 Å². The van der Waals surface area contributed by atoms with Crippen LogP contribution in [0.2, 0.25) is 0 Å². The van der Waals surface area contributed by atoms with Crippen LogP contribution in [0.15, 0.2) is 105 Å². The van der Waals surface area contributed by atoms with E-state index in [1.54, 1.807) is 60.1 Å². The number of nitrogens with zero attached hydrogens (tertiary/aromatic N) is 5. The van der Waals surface area contributed by atoms with E-state index in [2.05, 4.69) is 4.99 Å². The van der Waals surface area contributed by atoms with Crippen LogP contribution in [-0.2, 0) is 24.3 Å². The van der Waals surface area contributed by atoms with Gasteiger partial charge < -0.3 is 14.2 Å². The number of hydrogen-bond acceptors (Lipinski definition) is 11. The van der Waals surface area contributed by atoms with Crippen LogP contribution in [-0.4, -0.2) is 66.3 Å². The minimum Gasteiger partial charge on any atom is -0.493 e. The van der Waals surface area contributed by atoms with Gasteiger partial charge in [0.25, 0.3) is 5.56 Å². The minimum atomic E-state index is -3.64. The first-order valence-electron chi connectivity index (χ1n) is 17.2. The molecule has 2 aromatic heterocycles. The fourth-order valence-electron chi connectivity index (χ4n) is 6.71. The van der Waals surface area contributed by atoms with Gasteiger partial charge in [-0.15, -0.1) is 0 Å². The number of carbonyl (C=O) groups excluding carboxylic acids is 2. The van der Waals surface area contributed by atoms with Crippen LogP contribution in [0.4, 0.5) is 0 Å². The van der Waals surface area contributed by atoms with Gasteiger partial charge in [-0.25, -0.2) is 22.9 Å². The summed E-state index contributed by atoms with van der Waals surface area (Å²) in [5, 5.41) is 4.89. The molecule has 1 saturated heterocycles. The van der Waals surface area contributed by atoms with E-state index in [1.165, 1.54) is 30.0 Å². The lowest BCUT2D eigenvalue weighted by Gasteiger charge is -2.25. The van der Waals surface area contributed by atoms with Crippen LogP contribution < -0.4 is 24.4 Å². The highest BCUT2D eigenvalue weighted by molar-refractivity contribution is 7.89. The molecule has 7 rings (SSSR count). The molecule has 2 aliphatic rings. The molecule has 15 heteroatoms. The van der Waals surface area contributed by atoms with Gasteiger partial charge >= 0.3 is 11.9 Å². The zero-order valence-corrected chi connectivity index (χ0v) is 31.6. The predicted molar refractivity (Wildman–Crippen MR) is 202 cm³/mol. The molecule has 0 spiro atoms. The highest BCUT2D eigenvalue weighted by atomic mass is 32.2. The number of allylic oxidation sites excluding steroid dienone is 1. The Morgan fingerprint density at radius 2 is 1.67 bits per heavy atom. The van der Waals surface area contributed by atoms with Gasteiger partial charge in [-0.2, -0.15) is 9.40 Å². The van der Waals surface area contributed by atoms with Crippen molar-refractivity contribution < 1.29 is 32.2 Å². The fourth-order valence-corrected chi connectivity index (χ4v) is 9.27. The summed E-state index contributed by atoms with van der Waals surface area (Å²) in [6, 6.07) is 20.0. The van der Waals surface area contributed by atoms with Crippen molar-refractivity contribution in [1.29, 1.82) is 0 Å². The average molecular weight is 768 g/mol. The molecule has 278 valence electrons. The van der Waals surface area contributed by atoms with E-state index in [-0.39, 0.29) is 22.0 Å². The molecule has 0 bridgehead atoms. The van der Waals surface area contributed by atoms with Crippen LogP contribution in [0.25, 0.3) is 23.0 Å². The first kappa shape index (κ1) is 36.7. The second kappa shape index (κ2) is 15.0. The number of thiazole rings is 1. The molecule has 0 N–H and O–H groups in total. The molecule has 13 nitrogen and oxygen atoms in total. The maximum absolute atomic E-state index is 14.5. The summed E-state index contributed by atoms with van der Waals surface area (Å²) in [6.45, 7) is 3.96. The van der Waals surface area contributed by atoms with Crippen LogP contribution in [0, 0.1) is 0 Å². The van der Waals surface area contributed by atoms with Crippen molar-refractivity contribution >= 4 is 39.4 Å². The molecule has 0 amide bonds. The Bertz CT molecular complexity index is 2580. The number of fused-ring (bicyclic) bond motifs is 1. The normalized spacial score (nSPS) is 16.4. The molecule has 0 saturated carbocycles. The average Bonchev–Trinajstić information content (AvgIpc) is 3.74. The van der Waals surface area contributed by atoms with Crippen LogP contribution in [0.5, 0.6) is 11.5 Å². The van der Waals surface area contributed by atoms with E-state index in [0.717, 1.165) is 36.3 Å². The van der Waals surface area contributed by atoms with Crippen LogP contribution in [0.1, 0.15) is 50.3 Å². The SMILES string of the molecule is COC(=O)C1=C(C)N=c2s/c(=C\c3cn(-c4ccccc4)nc3-c3ccc(S(=O)(=O)N4CCCCC4)cc3)c(=O)n2C1c1ccc(OC(C)=O)c(OC)c1. The van der Waals surface area contributed by atoms with Gasteiger partial charge in [-0.1, -0.05) is 54.2 Å². The highest BCUT2D eigenvalue weighted by Gasteiger charge is 2.34. The number of para-hydroxylation sites is 1. The maximum Gasteiger partial charge on any atom is 0.338 e. The number of ether oxygens (including phenoxy) is 3. The quantitative estimate of drug-likeness (QED) is 0.157. The molecule has 5 aromatic rings. The third kappa shape index (κ3) is 6.93. The van der Waals surface area contributed by atoms with Crippen molar-refractivity contribution in [3.63, 3.8) is 0 Å². The molecule has 1 unspecified atom stereocenters. The largest absolute Gasteiger partial charge is 0.493 e. The van der Waals surface area contributed by atoms with Gasteiger partial charge in [0.15, 0.2) is 16.3 Å². The number of piperidine rings is 1. The van der Waals surface area contributed by atoms with Crippen molar-refractivity contribution in [1.82, 2.24) is 18.7 Å². The summed E-state index contributed by atoms with van der Waals surface area (Å²) in [5.74, 6) is -0.776. The zero-order chi connectivity index (χ0) is 38.1. The first-order valence-corrected chi connectivity index (χ1v) is 19.5. The molecule has 1 atom stereocenters. The standard InChI is InChI=1S/C39H37N5O8S2/c1-24-34(38(47)51-4)36(27-15-18-31(52-25(2)45)32(21-27)50-3)44-37(46)33(53-39(44)40-24)22-28-23-43(29-11-7-5-8-12-29)41-35(28)26-13-16-30(17-14-26)54(48,49)42-19-9-6-10-20-42/h5,7-8,11-18,21-23,36H,6,9-10,19-20H2,1-4H3/b33-22-. The Balaban J connectivity index is 1.37. The molecule has 0 aliphatic carbocycles. The third-order valence-electron chi connectivity index (χ3n) is 9.31. The molecule has 3 aromatic carbocycles. The third-order valence-corrected chi connectivity index (χ3v) is 12.2. The van der Waals surface area contributed by atoms with E-state index in [9.17, 15) is 22.8 Å². The van der Waals surface area contributed by atoms with Gasteiger partial charge in [0, 0.05) is 37.3 Å². The second-order valence-electron chi connectivity index (χ2n) is 12.8. The Kier molecular flexibility index (Phi) is 10.2. The number of aromatic nitrogens is 3. The smallest absolute Gasteiger partial charge is 0.338 e. The number of esters is 2. The summed E-state index contributed by atoms with van der Waals surface area (Å²) in [4.78, 5) is 44.7. The predicted octanol–water partition coefficient (Wildman–Crippen LogP) is 4.37. The summed E-state index contributed by atoms with van der Waals surface area (Å²) in [5.41, 5.74) is 3.20. The Labute approximate surface area is 315 Å². The van der Waals surface area contributed by atoms with E-state index in [4.69, 9.17) is 19.3 Å². The van der Waals surface area contributed by atoms with Gasteiger partial charge in [0.2, 0.25) is 10.0 Å². The number of rotatable bonds is 9. The first-order chi connectivity index (χ1) is 26.0. The number of sulfonamides is 1. The molecule has 0 radical (unpaired) electrons. The summed E-state index contributed by atoms with van der Waals surface area (Å²) >= 11 is 1.15. The van der Waals surface area contributed by atoms with E-state index in [0.29, 0.717) is 50.5 Å². The maximum atomic E-state index is 14.5. The van der Waals surface area contributed by atoms with Gasteiger partial charge in [-0.3, -0.25) is 14.2 Å². The van der Waals surface area contributed by atoms with Gasteiger partial charge in [-0.05, 0) is 67.8 Å². The van der Waals surface area contributed by atoms with E-state index < -0.39 is 33.6 Å². The molecule has 2 aliphatic heterocycles. The lowest BCUT2D eigenvalue weighted by molar-refractivity contribution is -0.136. The molecular weight excluding hydrogens is 731 g/mol. The van der Waals surface area contributed by atoms with E-state index in [1.807, 2.05) is 36.5 Å². The van der Waals surface area contributed by atoms with Crippen molar-refractivity contribution in [3.8, 4) is 28.4 Å². The Morgan fingerprint density at radius 1 is 0.944 bits per heavy atom. The monoisotopic (exact) mass is 767 g/mol. The summed E-state index contributed by atoms with van der Waals surface area (Å²) in [6.07, 6.45) is 6.22. The number of hydrogen-bond donors (Lipinski definition) is 0. The fraction of sp³-hybridized carbons (Fsp3) is 0.256. The number of methoxy groups -OCH3 is 2. The Hall–Kier alpha value is -5.64. The number of carbonyl (C=O) groups is 2. The van der Waals surface area contributed by atoms with Gasteiger partial charge in [0.05, 0.1) is 52.3 Å². The van der Waals surface area contributed by atoms with E-state index >= 15 is 0 Å². The zero-order valence-electron chi connectivity index (χ0n) is 30.0. The molecule has 54 heavy (non-hydrogen) atoms. The lowest BCUT2D eigenvalue weighted by Crippen LogP contribution is -2.39. The summed E-state index contributed by atoms with van der Waals surface area (Å²) in [7, 11) is -0.957. The molecule has 1 fully saturated rings. The highest BCUT2D eigenvalue weighted by Crippen LogP contribution is 2.36. The molecular formula is C39H37N5O8S2. The van der Waals surface area contributed by atoms with Crippen molar-refractivity contribution in [2.75, 3.05) is 27.3 Å². The van der Waals surface area contributed by atoms with Crippen LogP contribution in [0.3, 0.4) is 0 Å². The topological polar surface area (TPSA) is 151 Å². The molecule has 4 heterocycles. The van der Waals surface area contributed by atoms with Crippen molar-refractivity contribution in [2.24, 2.45) is 4.99 Å². The summed E-state index contributed by atoms with van der Waals surface area (Å²) < 4.78 is 47.7. The number of benzene rings is 3. The van der Waals surface area contributed by atoms with Crippen molar-refractivity contribution in [3.05, 3.63) is 121 Å². The minimum absolute atomic E-state index is 0.163. The second-order valence-corrected chi connectivity index (χ2v) is 15.7. The van der Waals surface area contributed by atoms with Crippen molar-refractivity contribution in [2.45, 2.75) is 44.0 Å². The van der Waals surface area contributed by atoms with Crippen LogP contribution >= 0.6 is 11.3 Å².